The zero-order chi connectivity index (χ0) is 27.0. The molecular weight excluding hydrogens is 520 g/mol. The number of carbonyl (C=O) groups is 2. The van der Waals surface area contributed by atoms with Gasteiger partial charge in [0.2, 0.25) is 5.91 Å². The number of carbonyl (C=O) groups excluding carboxylic acids is 2. The van der Waals surface area contributed by atoms with E-state index in [0.717, 1.165) is 16.0 Å². The number of pyridine rings is 1. The number of aromatic nitrogens is 5. The van der Waals surface area contributed by atoms with E-state index < -0.39 is 53.7 Å². The topological polar surface area (TPSA) is 106 Å². The Morgan fingerprint density at radius 2 is 1.87 bits per heavy atom. The Balaban J connectivity index is 1.37. The van der Waals surface area contributed by atoms with Gasteiger partial charge in [0.25, 0.3) is 0 Å². The number of amides is 3. The third-order valence-electron chi connectivity index (χ3n) is 6.76. The van der Waals surface area contributed by atoms with Crippen LogP contribution in [-0.4, -0.2) is 48.6 Å². The molecule has 4 aromatic rings. The van der Waals surface area contributed by atoms with Crippen LogP contribution in [0.1, 0.15) is 52.5 Å². The Morgan fingerprint density at radius 1 is 1.08 bits per heavy atom. The van der Waals surface area contributed by atoms with Crippen molar-refractivity contribution in [2.45, 2.75) is 42.9 Å². The lowest BCUT2D eigenvalue weighted by Gasteiger charge is -2.22. The van der Waals surface area contributed by atoms with Crippen LogP contribution in [0.4, 0.5) is 31.1 Å². The summed E-state index contributed by atoms with van der Waals surface area (Å²) in [6.45, 7) is 0.0478. The van der Waals surface area contributed by atoms with Gasteiger partial charge in [-0.15, -0.1) is 0 Å². The Kier molecular flexibility index (Phi) is 5.20. The summed E-state index contributed by atoms with van der Waals surface area (Å²) in [4.78, 5) is 31.4. The molecule has 0 bridgehead atoms. The molecule has 0 aromatic carbocycles. The van der Waals surface area contributed by atoms with Crippen LogP contribution >= 0.6 is 0 Å². The molecule has 3 atom stereocenters. The van der Waals surface area contributed by atoms with Crippen molar-refractivity contribution in [3.8, 4) is 0 Å². The Bertz CT molecular complexity index is 1610. The van der Waals surface area contributed by atoms with E-state index in [2.05, 4.69) is 25.7 Å². The van der Waals surface area contributed by atoms with Gasteiger partial charge < -0.3 is 9.72 Å². The first-order chi connectivity index (χ1) is 17.9. The number of alkyl halides is 6. The quantitative estimate of drug-likeness (QED) is 0.387. The molecule has 3 amide bonds. The summed E-state index contributed by atoms with van der Waals surface area (Å²) in [5.74, 6) is -2.39. The van der Waals surface area contributed by atoms with Crippen LogP contribution in [0.25, 0.3) is 11.2 Å². The maximum atomic E-state index is 13.5. The van der Waals surface area contributed by atoms with Crippen molar-refractivity contribution in [2.24, 2.45) is 0 Å². The number of fused-ring (bicyclic) bond motifs is 2. The fourth-order valence-corrected chi connectivity index (χ4v) is 4.98. The van der Waals surface area contributed by atoms with Crippen LogP contribution in [0, 0.1) is 0 Å². The SMILES string of the molecule is O=C1NCC(c2cc([C@H]3C[C@@H]3c3ccc4c(C(F)(F)F)nc(CC(F)(F)F)n4c3)c3nccn3n2)C(=O)N1. The van der Waals surface area contributed by atoms with Gasteiger partial charge in [0.15, 0.2) is 11.3 Å². The lowest BCUT2D eigenvalue weighted by Crippen LogP contribution is -2.51. The van der Waals surface area contributed by atoms with Gasteiger partial charge in [-0.25, -0.2) is 19.3 Å². The molecule has 9 nitrogen and oxygen atoms in total. The number of nitrogens with one attached hydrogen (secondary N) is 2. The highest BCUT2D eigenvalue weighted by atomic mass is 19.4. The Morgan fingerprint density at radius 3 is 2.58 bits per heavy atom. The molecule has 0 radical (unpaired) electrons. The minimum absolute atomic E-state index is 0.0478. The number of imide groups is 1. The second-order valence-electron chi connectivity index (χ2n) is 9.30. The highest BCUT2D eigenvalue weighted by molar-refractivity contribution is 6.00. The standard InChI is InChI=1S/C23H17F6N7O2/c24-22(25,26)7-17-32-18(23(27,28)29)16-2-1-10(9-35(16)17)11-5-12(11)13-6-15(34-36-4-3-30-19(13)36)14-8-31-21(38)33-20(14)37/h1-4,6,9,11-12,14H,5,7-8H2,(H2,31,33,37,38)/t11-,12+,14?/m1/s1. The predicted molar refractivity (Wildman–Crippen MR) is 117 cm³/mol. The van der Waals surface area contributed by atoms with Crippen molar-refractivity contribution >= 4 is 23.1 Å². The average Bonchev–Trinajstić information content (AvgIpc) is 3.32. The number of urea groups is 1. The van der Waals surface area contributed by atoms with Gasteiger partial charge in [-0.1, -0.05) is 6.07 Å². The average molecular weight is 537 g/mol. The van der Waals surface area contributed by atoms with Crippen LogP contribution < -0.4 is 10.6 Å². The monoisotopic (exact) mass is 537 g/mol. The lowest BCUT2D eigenvalue weighted by atomic mass is 9.99. The minimum Gasteiger partial charge on any atom is -0.337 e. The van der Waals surface area contributed by atoms with E-state index in [4.69, 9.17) is 0 Å². The molecule has 2 N–H and O–H groups in total. The molecule has 1 saturated heterocycles. The number of hydrogen-bond acceptors (Lipinski definition) is 5. The van der Waals surface area contributed by atoms with Crippen LogP contribution in [0.2, 0.25) is 0 Å². The van der Waals surface area contributed by atoms with Gasteiger partial charge in [-0.3, -0.25) is 10.1 Å². The largest absolute Gasteiger partial charge is 0.435 e. The smallest absolute Gasteiger partial charge is 0.337 e. The molecule has 5 heterocycles. The van der Waals surface area contributed by atoms with Gasteiger partial charge >= 0.3 is 18.4 Å². The number of rotatable bonds is 4. The first-order valence-corrected chi connectivity index (χ1v) is 11.5. The third-order valence-corrected chi connectivity index (χ3v) is 6.76. The molecule has 38 heavy (non-hydrogen) atoms. The normalized spacial score (nSPS) is 22.1. The van der Waals surface area contributed by atoms with Crippen molar-refractivity contribution in [3.63, 3.8) is 0 Å². The van der Waals surface area contributed by atoms with E-state index >= 15 is 0 Å². The first kappa shape index (κ1) is 24.2. The molecule has 4 aromatic heterocycles. The molecule has 15 heteroatoms. The summed E-state index contributed by atoms with van der Waals surface area (Å²) in [6.07, 6.45) is -6.31. The molecule has 2 fully saturated rings. The van der Waals surface area contributed by atoms with Crippen molar-refractivity contribution in [3.05, 3.63) is 65.1 Å². The zero-order valence-corrected chi connectivity index (χ0v) is 19.1. The van der Waals surface area contributed by atoms with Gasteiger partial charge in [-0.05, 0) is 36.0 Å². The second kappa shape index (κ2) is 8.16. The molecule has 1 unspecified atom stereocenters. The van der Waals surface area contributed by atoms with E-state index in [-0.39, 0.29) is 18.4 Å². The molecule has 0 spiro atoms. The molecule has 1 saturated carbocycles. The van der Waals surface area contributed by atoms with Crippen LogP contribution in [-0.2, 0) is 17.4 Å². The van der Waals surface area contributed by atoms with Crippen molar-refractivity contribution < 1.29 is 35.9 Å². The summed E-state index contributed by atoms with van der Waals surface area (Å²) in [7, 11) is 0. The number of nitrogens with zero attached hydrogens (tertiary/aromatic N) is 5. The highest BCUT2D eigenvalue weighted by Gasteiger charge is 2.44. The molecule has 1 aliphatic carbocycles. The molecular formula is C23H17F6N7O2. The van der Waals surface area contributed by atoms with E-state index in [0.29, 0.717) is 23.3 Å². The molecule has 198 valence electrons. The molecule has 2 aliphatic rings. The van der Waals surface area contributed by atoms with Crippen molar-refractivity contribution in [2.75, 3.05) is 6.54 Å². The highest BCUT2D eigenvalue weighted by Crippen LogP contribution is 2.55. The Hall–Kier alpha value is -4.17. The van der Waals surface area contributed by atoms with Crippen molar-refractivity contribution in [1.29, 1.82) is 0 Å². The molecule has 1 aliphatic heterocycles. The van der Waals surface area contributed by atoms with Gasteiger partial charge in [-0.2, -0.15) is 31.4 Å². The van der Waals surface area contributed by atoms with E-state index in [1.807, 2.05) is 0 Å². The Labute approximate surface area is 208 Å². The maximum absolute atomic E-state index is 13.5. The first-order valence-electron chi connectivity index (χ1n) is 11.5. The summed E-state index contributed by atoms with van der Waals surface area (Å²) >= 11 is 0. The van der Waals surface area contributed by atoms with Crippen LogP contribution in [0.3, 0.4) is 0 Å². The van der Waals surface area contributed by atoms with Crippen LogP contribution in [0.15, 0.2) is 36.8 Å². The summed E-state index contributed by atoms with van der Waals surface area (Å²) in [5, 5.41) is 9.18. The number of halogens is 6. The van der Waals surface area contributed by atoms with E-state index in [1.54, 1.807) is 12.3 Å². The van der Waals surface area contributed by atoms with Crippen LogP contribution in [0.5, 0.6) is 0 Å². The van der Waals surface area contributed by atoms with E-state index in [1.165, 1.54) is 23.0 Å². The lowest BCUT2D eigenvalue weighted by molar-refractivity contribution is -0.141. The number of hydrogen-bond donors (Lipinski definition) is 2. The summed E-state index contributed by atoms with van der Waals surface area (Å²) in [5.41, 5.74) is 0.356. The summed E-state index contributed by atoms with van der Waals surface area (Å²) < 4.78 is 82.0. The van der Waals surface area contributed by atoms with E-state index in [9.17, 15) is 35.9 Å². The van der Waals surface area contributed by atoms with Gasteiger partial charge in [0.1, 0.15) is 12.2 Å². The fourth-order valence-electron chi connectivity index (χ4n) is 4.98. The summed E-state index contributed by atoms with van der Waals surface area (Å²) in [6, 6.07) is 3.70. The number of imidazole rings is 2. The van der Waals surface area contributed by atoms with Crippen molar-refractivity contribution in [1.82, 2.24) is 34.6 Å². The predicted octanol–water partition coefficient (Wildman–Crippen LogP) is 3.69. The van der Waals surface area contributed by atoms with Gasteiger partial charge in [0, 0.05) is 30.7 Å². The fraction of sp³-hybridized carbons (Fsp3) is 0.348. The molecule has 6 rings (SSSR count). The zero-order valence-electron chi connectivity index (χ0n) is 19.1. The maximum Gasteiger partial charge on any atom is 0.435 e. The third kappa shape index (κ3) is 4.20. The minimum atomic E-state index is -4.91. The second-order valence-corrected chi connectivity index (χ2v) is 9.30. The van der Waals surface area contributed by atoms with Gasteiger partial charge in [0.05, 0.1) is 17.1 Å².